The van der Waals surface area contributed by atoms with Gasteiger partial charge in [-0.25, -0.2) is 9.78 Å². The first kappa shape index (κ1) is 26.9. The van der Waals surface area contributed by atoms with Crippen molar-refractivity contribution < 1.29 is 39.4 Å². The minimum Gasteiger partial charge on any atom is -0.451 e. The predicted octanol–water partition coefficient (Wildman–Crippen LogP) is 2.07. The van der Waals surface area contributed by atoms with Gasteiger partial charge in [0.05, 0.1) is 13.2 Å². The van der Waals surface area contributed by atoms with Gasteiger partial charge in [0.25, 0.3) is 0 Å². The molecule has 8 heteroatoms. The molecule has 0 radical (unpaired) electrons. The summed E-state index contributed by atoms with van der Waals surface area (Å²) in [7, 11) is 0. The summed E-state index contributed by atoms with van der Waals surface area (Å²) >= 11 is 0. The summed E-state index contributed by atoms with van der Waals surface area (Å²) in [5.41, 5.74) is 0. The number of hydrogen-bond acceptors (Lipinski definition) is 8. The lowest BCUT2D eigenvalue weighted by Gasteiger charge is -2.24. The molecule has 0 aromatic rings. The highest BCUT2D eigenvalue weighted by Gasteiger charge is 2.35. The summed E-state index contributed by atoms with van der Waals surface area (Å²) in [6.45, 7) is 2.76. The SMILES string of the molecule is CCCCCCCCCCCC(=O)O[C@@H](C(=O)COOCC)[C@@H](O)[C@H](O)CO. The van der Waals surface area contributed by atoms with Crippen LogP contribution in [0.2, 0.25) is 0 Å². The van der Waals surface area contributed by atoms with Crippen LogP contribution in [0.15, 0.2) is 0 Å². The van der Waals surface area contributed by atoms with Crippen molar-refractivity contribution in [3.8, 4) is 0 Å². The Hall–Kier alpha value is -1.06. The summed E-state index contributed by atoms with van der Waals surface area (Å²) in [5, 5.41) is 28.5. The highest BCUT2D eigenvalue weighted by molar-refractivity contribution is 5.87. The Labute approximate surface area is 168 Å². The van der Waals surface area contributed by atoms with Crippen molar-refractivity contribution in [1.29, 1.82) is 0 Å². The molecule has 0 bridgehead atoms. The molecule has 0 unspecified atom stereocenters. The van der Waals surface area contributed by atoms with E-state index in [1.54, 1.807) is 6.92 Å². The van der Waals surface area contributed by atoms with Crippen LogP contribution < -0.4 is 0 Å². The molecule has 3 N–H and O–H groups in total. The molecule has 0 aromatic carbocycles. The van der Waals surface area contributed by atoms with E-state index < -0.39 is 43.3 Å². The third-order valence-electron chi connectivity index (χ3n) is 4.35. The molecule has 0 spiro atoms. The lowest BCUT2D eigenvalue weighted by Crippen LogP contribution is -2.47. The normalized spacial score (nSPS) is 14.5. The zero-order chi connectivity index (χ0) is 21.2. The summed E-state index contributed by atoms with van der Waals surface area (Å²) < 4.78 is 5.05. The van der Waals surface area contributed by atoms with E-state index >= 15 is 0 Å². The van der Waals surface area contributed by atoms with Gasteiger partial charge in [-0.2, -0.15) is 0 Å². The number of carbonyl (C=O) groups excluding carboxylic acids is 2. The van der Waals surface area contributed by atoms with Crippen LogP contribution >= 0.6 is 0 Å². The number of carbonyl (C=O) groups is 2. The topological polar surface area (TPSA) is 123 Å². The maximum atomic E-state index is 12.1. The van der Waals surface area contributed by atoms with E-state index in [1.165, 1.54) is 32.1 Å². The van der Waals surface area contributed by atoms with Crippen molar-refractivity contribution in [3.05, 3.63) is 0 Å². The third-order valence-corrected chi connectivity index (χ3v) is 4.35. The van der Waals surface area contributed by atoms with Gasteiger partial charge >= 0.3 is 5.97 Å². The van der Waals surface area contributed by atoms with Crippen molar-refractivity contribution in [2.45, 2.75) is 96.4 Å². The monoisotopic (exact) mass is 406 g/mol. The van der Waals surface area contributed by atoms with Gasteiger partial charge in [0.15, 0.2) is 6.10 Å². The van der Waals surface area contributed by atoms with Crippen LogP contribution in [0.1, 0.15) is 78.1 Å². The van der Waals surface area contributed by atoms with Gasteiger partial charge in [-0.1, -0.05) is 58.3 Å². The second-order valence-corrected chi connectivity index (χ2v) is 6.86. The van der Waals surface area contributed by atoms with Crippen molar-refractivity contribution in [2.75, 3.05) is 19.8 Å². The van der Waals surface area contributed by atoms with E-state index in [4.69, 9.17) is 9.84 Å². The van der Waals surface area contributed by atoms with Crippen molar-refractivity contribution >= 4 is 11.8 Å². The number of rotatable bonds is 19. The second kappa shape index (κ2) is 18.0. The van der Waals surface area contributed by atoms with Gasteiger partial charge in [-0.05, 0) is 13.3 Å². The van der Waals surface area contributed by atoms with Crippen LogP contribution in [0.4, 0.5) is 0 Å². The van der Waals surface area contributed by atoms with Crippen LogP contribution in [0.5, 0.6) is 0 Å². The fourth-order valence-corrected chi connectivity index (χ4v) is 2.68. The van der Waals surface area contributed by atoms with Crippen molar-refractivity contribution in [2.24, 2.45) is 0 Å². The fraction of sp³-hybridized carbons (Fsp3) is 0.900. The molecule has 0 fully saturated rings. The average molecular weight is 407 g/mol. The molecule has 0 aliphatic heterocycles. The Morgan fingerprint density at radius 3 is 1.96 bits per heavy atom. The number of ketones is 1. The Bertz CT molecular complexity index is 402. The molecule has 0 aliphatic carbocycles. The quantitative estimate of drug-likeness (QED) is 0.129. The Kier molecular flexibility index (Phi) is 17.3. The highest BCUT2D eigenvalue weighted by Crippen LogP contribution is 2.13. The molecule has 0 aliphatic rings. The highest BCUT2D eigenvalue weighted by atomic mass is 17.2. The van der Waals surface area contributed by atoms with E-state index in [0.29, 0.717) is 6.42 Å². The van der Waals surface area contributed by atoms with Crippen molar-refractivity contribution in [1.82, 2.24) is 0 Å². The molecular weight excluding hydrogens is 368 g/mol. The zero-order valence-electron chi connectivity index (χ0n) is 17.3. The molecule has 0 rings (SSSR count). The lowest BCUT2D eigenvalue weighted by molar-refractivity contribution is -0.287. The van der Waals surface area contributed by atoms with Gasteiger partial charge in [0, 0.05) is 6.42 Å². The van der Waals surface area contributed by atoms with Gasteiger partial charge in [0.1, 0.15) is 18.8 Å². The first-order valence-corrected chi connectivity index (χ1v) is 10.4. The minimum absolute atomic E-state index is 0.119. The molecule has 0 saturated carbocycles. The number of aliphatic hydroxyl groups is 3. The standard InChI is InChI=1S/C20H38O8/c1-3-5-6-7-8-9-10-11-12-13-18(24)28-20(19(25)16(22)14-21)17(23)15-27-26-4-2/h16,19-22,25H,3-15H2,1-2H3/t16-,19+,20+/m1/s1. The molecule has 28 heavy (non-hydrogen) atoms. The van der Waals surface area contributed by atoms with E-state index in [-0.39, 0.29) is 13.0 Å². The molecule has 0 aromatic heterocycles. The Balaban J connectivity index is 4.23. The number of hydrogen-bond donors (Lipinski definition) is 3. The third kappa shape index (κ3) is 13.2. The van der Waals surface area contributed by atoms with Crippen LogP contribution in [-0.2, 0) is 24.1 Å². The number of Topliss-reactive ketones (excluding diaryl/α,β-unsaturated/α-hetero) is 1. The average Bonchev–Trinajstić information content (AvgIpc) is 2.69. The van der Waals surface area contributed by atoms with Gasteiger partial charge < -0.3 is 20.1 Å². The largest absolute Gasteiger partial charge is 0.451 e. The molecule has 166 valence electrons. The number of ether oxygens (including phenoxy) is 1. The first-order chi connectivity index (χ1) is 13.5. The predicted molar refractivity (Wildman–Crippen MR) is 103 cm³/mol. The summed E-state index contributed by atoms with van der Waals surface area (Å²) in [6.07, 6.45) is 5.06. The first-order valence-electron chi connectivity index (χ1n) is 10.4. The number of unbranched alkanes of at least 4 members (excludes halogenated alkanes) is 8. The molecular formula is C20H38O8. The number of aliphatic hydroxyl groups excluding tert-OH is 3. The van der Waals surface area contributed by atoms with Crippen molar-refractivity contribution in [3.63, 3.8) is 0 Å². The summed E-state index contributed by atoms with van der Waals surface area (Å²) in [4.78, 5) is 33.4. The van der Waals surface area contributed by atoms with E-state index in [9.17, 15) is 19.8 Å². The van der Waals surface area contributed by atoms with E-state index in [1.807, 2.05) is 0 Å². The van der Waals surface area contributed by atoms with Crippen LogP contribution in [0, 0.1) is 0 Å². The zero-order valence-corrected chi connectivity index (χ0v) is 17.3. The Morgan fingerprint density at radius 1 is 0.857 bits per heavy atom. The van der Waals surface area contributed by atoms with Crippen LogP contribution in [0.25, 0.3) is 0 Å². The fourth-order valence-electron chi connectivity index (χ4n) is 2.68. The summed E-state index contributed by atoms with van der Waals surface area (Å²) in [6, 6.07) is 0. The minimum atomic E-state index is -1.74. The molecule has 0 saturated heterocycles. The van der Waals surface area contributed by atoms with Gasteiger partial charge in [-0.15, -0.1) is 0 Å². The number of esters is 1. The molecule has 3 atom stereocenters. The smallest absolute Gasteiger partial charge is 0.306 e. The second-order valence-electron chi connectivity index (χ2n) is 6.86. The Morgan fingerprint density at radius 2 is 1.43 bits per heavy atom. The molecule has 0 heterocycles. The lowest BCUT2D eigenvalue weighted by atomic mass is 10.0. The van der Waals surface area contributed by atoms with E-state index in [2.05, 4.69) is 16.7 Å². The maximum Gasteiger partial charge on any atom is 0.306 e. The molecule has 0 amide bonds. The van der Waals surface area contributed by atoms with Crippen LogP contribution in [-0.4, -0.2) is 65.2 Å². The van der Waals surface area contributed by atoms with Gasteiger partial charge in [0.2, 0.25) is 5.78 Å². The van der Waals surface area contributed by atoms with E-state index in [0.717, 1.165) is 19.3 Å². The van der Waals surface area contributed by atoms with Gasteiger partial charge in [-0.3, -0.25) is 9.59 Å². The summed E-state index contributed by atoms with van der Waals surface area (Å²) in [5.74, 6) is -1.39. The van der Waals surface area contributed by atoms with Crippen LogP contribution in [0.3, 0.4) is 0 Å². The maximum absolute atomic E-state index is 12.1. The molecule has 8 nitrogen and oxygen atoms in total.